The Morgan fingerprint density at radius 2 is 1.61 bits per heavy atom. The summed E-state index contributed by atoms with van der Waals surface area (Å²) in [5.74, 6) is 0.706. The van der Waals surface area contributed by atoms with Gasteiger partial charge in [-0.1, -0.05) is 57.2 Å². The van der Waals surface area contributed by atoms with Crippen LogP contribution in [0.1, 0.15) is 27.7 Å². The minimum absolute atomic E-state index is 0.0138. The lowest BCUT2D eigenvalue weighted by atomic mass is 10.1. The van der Waals surface area contributed by atoms with Gasteiger partial charge in [-0.3, -0.25) is 10.1 Å². The van der Waals surface area contributed by atoms with Crippen molar-refractivity contribution < 1.29 is 9.45 Å². The van der Waals surface area contributed by atoms with Gasteiger partial charge >= 0.3 is 0 Å². The maximum Gasteiger partial charge on any atom is 0.271 e. The molecule has 4 aromatic carbocycles. The number of halogens is 1. The van der Waals surface area contributed by atoms with E-state index >= 15 is 0 Å². The normalized spacial score (nSPS) is 13.4. The van der Waals surface area contributed by atoms with Gasteiger partial charge in [0.2, 0.25) is 0 Å². The number of fused-ring (bicyclic) bond motifs is 3. The monoisotopic (exact) mass is 589 g/mol. The summed E-state index contributed by atoms with van der Waals surface area (Å²) in [4.78, 5) is 11.2. The number of nitrogens with zero attached hydrogens (tertiary/aromatic N) is 3. The summed E-state index contributed by atoms with van der Waals surface area (Å²) in [5.41, 5.74) is 2.82. The molecule has 0 fully saturated rings. The molecule has 0 amide bonds. The fourth-order valence-corrected chi connectivity index (χ4v) is 8.41. The maximum atomic E-state index is 11.6. The van der Waals surface area contributed by atoms with Crippen LogP contribution in [0.4, 0.5) is 11.4 Å². The van der Waals surface area contributed by atoms with Gasteiger partial charge in [0.1, 0.15) is 5.75 Å². The molecule has 0 aliphatic heterocycles. The summed E-state index contributed by atoms with van der Waals surface area (Å²) >= 11 is 3.58. The van der Waals surface area contributed by atoms with Crippen molar-refractivity contribution in [2.45, 2.75) is 39.4 Å². The summed E-state index contributed by atoms with van der Waals surface area (Å²) in [5, 5.41) is 14.5. The van der Waals surface area contributed by atoms with Crippen molar-refractivity contribution in [2.75, 3.05) is 0 Å². The van der Waals surface area contributed by atoms with Gasteiger partial charge in [-0.25, -0.2) is 4.74 Å². The van der Waals surface area contributed by atoms with Gasteiger partial charge in [-0.15, -0.1) is 0 Å². The first-order valence-corrected chi connectivity index (χ1v) is 14.9. The molecule has 1 aromatic heterocycles. The van der Waals surface area contributed by atoms with E-state index in [2.05, 4.69) is 90.7 Å². The van der Waals surface area contributed by atoms with Gasteiger partial charge in [0, 0.05) is 55.4 Å². The smallest absolute Gasteiger partial charge is 0.271 e. The fourth-order valence-electron chi connectivity index (χ4n) is 4.85. The highest BCUT2D eigenvalue weighted by molar-refractivity contribution is 9.10. The van der Waals surface area contributed by atoms with Gasteiger partial charge in [0.15, 0.2) is 7.28 Å². The first-order valence-electron chi connectivity index (χ1n) is 12.5. The van der Waals surface area contributed by atoms with Crippen molar-refractivity contribution in [2.24, 2.45) is 4.74 Å². The molecule has 0 saturated heterocycles. The van der Waals surface area contributed by atoms with Gasteiger partial charge in [-0.05, 0) is 65.3 Å². The lowest BCUT2D eigenvalue weighted by molar-refractivity contribution is -0.384. The van der Waals surface area contributed by atoms with E-state index in [1.807, 2.05) is 30.3 Å². The topological polar surface area (TPSA) is 69.7 Å². The highest BCUT2D eigenvalue weighted by Crippen LogP contribution is 2.62. The Bertz CT molecular complexity index is 1720. The van der Waals surface area contributed by atoms with E-state index in [0.717, 1.165) is 22.8 Å². The van der Waals surface area contributed by atoms with E-state index in [0.29, 0.717) is 15.9 Å². The lowest BCUT2D eigenvalue weighted by Gasteiger charge is -2.37. The predicted octanol–water partition coefficient (Wildman–Crippen LogP) is 9.44. The van der Waals surface area contributed by atoms with E-state index in [-0.39, 0.29) is 5.69 Å². The van der Waals surface area contributed by atoms with Crippen molar-refractivity contribution in [1.29, 1.82) is 0 Å². The maximum absolute atomic E-state index is 11.6. The Labute approximate surface area is 230 Å². The summed E-state index contributed by atoms with van der Waals surface area (Å²) < 4.78 is 15.3. The van der Waals surface area contributed by atoms with E-state index in [4.69, 9.17) is 9.27 Å². The second-order valence-corrected chi connectivity index (χ2v) is 14.4. The molecule has 5 aromatic rings. The Morgan fingerprint density at radius 3 is 2.29 bits per heavy atom. The van der Waals surface area contributed by atoms with Crippen LogP contribution >= 0.6 is 23.2 Å². The third kappa shape index (κ3) is 4.55. The molecule has 8 heteroatoms. The second-order valence-electron chi connectivity index (χ2n) is 10.1. The van der Waals surface area contributed by atoms with Crippen molar-refractivity contribution >= 4 is 61.7 Å². The van der Waals surface area contributed by atoms with Gasteiger partial charge < -0.3 is 9.09 Å². The Morgan fingerprint density at radius 1 is 0.921 bits per heavy atom. The second kappa shape index (κ2) is 10.0. The molecule has 38 heavy (non-hydrogen) atoms. The van der Waals surface area contributed by atoms with Crippen LogP contribution in [0.25, 0.3) is 21.8 Å². The zero-order valence-corrected chi connectivity index (χ0v) is 24.2. The number of aryl methyl sites for hydroxylation is 1. The number of benzene rings is 4. The van der Waals surface area contributed by atoms with E-state index in [1.165, 1.54) is 23.0 Å². The highest BCUT2D eigenvalue weighted by atomic mass is 79.9. The van der Waals surface area contributed by atoms with Crippen molar-refractivity contribution in [3.05, 3.63) is 106 Å². The standard InChI is InChI=1S/C30H29BrN3O3P/c1-5-33-28-14-10-9-13-24(28)25-20-23(16-18-29(25)33)38(30(2,3)4,37-22-11-7-6-8-12-22)32-27-19-21(34(35)36)15-17-26(27)31/h6-20H,5H2,1-4H3/t38-/m1/s1. The molecule has 0 radical (unpaired) electrons. The summed E-state index contributed by atoms with van der Waals surface area (Å²) in [6.45, 7) is 9.38. The number of non-ortho nitro benzene ring substituents is 1. The summed E-state index contributed by atoms with van der Waals surface area (Å²) in [6, 6.07) is 29.3. The van der Waals surface area contributed by atoms with Gasteiger partial charge in [0.25, 0.3) is 5.69 Å². The molecule has 0 bridgehead atoms. The number of hydrogen-bond donors (Lipinski definition) is 0. The van der Waals surface area contributed by atoms with E-state index in [9.17, 15) is 10.1 Å². The van der Waals surface area contributed by atoms with Crippen LogP contribution in [0.2, 0.25) is 0 Å². The van der Waals surface area contributed by atoms with Crippen LogP contribution in [-0.2, 0) is 6.54 Å². The molecule has 0 N–H and O–H groups in total. The minimum atomic E-state index is -2.87. The van der Waals surface area contributed by atoms with E-state index in [1.54, 1.807) is 6.07 Å². The van der Waals surface area contributed by atoms with Crippen LogP contribution in [0, 0.1) is 10.1 Å². The molecule has 0 unspecified atom stereocenters. The van der Waals surface area contributed by atoms with Gasteiger partial charge in [0.05, 0.1) is 10.6 Å². The molecule has 0 aliphatic rings. The predicted molar refractivity (Wildman–Crippen MR) is 161 cm³/mol. The van der Waals surface area contributed by atoms with Crippen molar-refractivity contribution in [1.82, 2.24) is 4.57 Å². The number of rotatable bonds is 6. The average molecular weight is 590 g/mol. The summed E-state index contributed by atoms with van der Waals surface area (Å²) in [6.07, 6.45) is 0. The van der Waals surface area contributed by atoms with Crippen molar-refractivity contribution in [3.8, 4) is 5.75 Å². The zero-order valence-electron chi connectivity index (χ0n) is 21.8. The number of aromatic nitrogens is 1. The number of nitro benzene ring substituents is 1. The fraction of sp³-hybridized carbons (Fsp3) is 0.200. The Balaban J connectivity index is 1.88. The zero-order chi connectivity index (χ0) is 27.1. The quantitative estimate of drug-likeness (QED) is 0.112. The van der Waals surface area contributed by atoms with Crippen LogP contribution in [-0.4, -0.2) is 14.6 Å². The third-order valence-corrected chi connectivity index (χ3v) is 11.1. The van der Waals surface area contributed by atoms with Crippen LogP contribution in [0.15, 0.2) is 100 Å². The molecular formula is C30H29BrN3O3P. The van der Waals surface area contributed by atoms with Crippen molar-refractivity contribution in [3.63, 3.8) is 0 Å². The molecule has 0 aliphatic carbocycles. The molecule has 6 nitrogen and oxygen atoms in total. The molecule has 0 saturated carbocycles. The van der Waals surface area contributed by atoms with E-state index < -0.39 is 17.4 Å². The number of nitro groups is 1. The molecule has 5 rings (SSSR count). The van der Waals surface area contributed by atoms with Gasteiger partial charge in [-0.2, -0.15) is 0 Å². The van der Waals surface area contributed by atoms with Crippen LogP contribution in [0.5, 0.6) is 5.75 Å². The molecule has 194 valence electrons. The molecule has 0 spiro atoms. The largest absolute Gasteiger partial charge is 0.455 e. The lowest BCUT2D eigenvalue weighted by Crippen LogP contribution is -2.27. The minimum Gasteiger partial charge on any atom is -0.455 e. The Kier molecular flexibility index (Phi) is 6.93. The number of para-hydroxylation sites is 2. The van der Waals surface area contributed by atoms with Crippen LogP contribution < -0.4 is 9.83 Å². The SMILES string of the molecule is CCn1c2ccccc2c2cc([P@@](=Nc3cc([N+](=O)[O-])ccc3Br)(Oc3ccccc3)C(C)(C)C)ccc21. The Hall–Kier alpha value is -3.41. The molecule has 1 atom stereocenters. The molecular weight excluding hydrogens is 561 g/mol. The highest BCUT2D eigenvalue weighted by Gasteiger charge is 2.39. The third-order valence-electron chi connectivity index (χ3n) is 6.70. The van der Waals surface area contributed by atoms with Crippen LogP contribution in [0.3, 0.4) is 0 Å². The average Bonchev–Trinajstić information content (AvgIpc) is 3.22. The summed E-state index contributed by atoms with van der Waals surface area (Å²) in [7, 11) is -2.87. The first kappa shape index (κ1) is 26.2. The number of hydrogen-bond acceptors (Lipinski definition) is 4. The first-order chi connectivity index (χ1) is 18.1. The molecule has 1 heterocycles.